The number of hydrogen-bond acceptors (Lipinski definition) is 0. The van der Waals surface area contributed by atoms with E-state index in [0.717, 1.165) is 11.8 Å². The van der Waals surface area contributed by atoms with Crippen molar-refractivity contribution in [1.29, 1.82) is 0 Å². The fourth-order valence-electron chi connectivity index (χ4n) is 3.90. The first-order valence-electron chi connectivity index (χ1n) is 8.37. The van der Waals surface area contributed by atoms with Gasteiger partial charge in [-0.15, -0.1) is 0 Å². The molecule has 0 aromatic carbocycles. The third-order valence-corrected chi connectivity index (χ3v) is 5.63. The van der Waals surface area contributed by atoms with Crippen molar-refractivity contribution in [3.05, 3.63) is 35.5 Å². The summed E-state index contributed by atoms with van der Waals surface area (Å²) in [5.74, 6) is 1.60. The zero-order chi connectivity index (χ0) is 14.8. The van der Waals surface area contributed by atoms with Crippen LogP contribution in [0.4, 0.5) is 0 Å². The van der Waals surface area contributed by atoms with Crippen LogP contribution < -0.4 is 0 Å². The van der Waals surface area contributed by atoms with Crippen molar-refractivity contribution in [3.8, 4) is 0 Å². The van der Waals surface area contributed by atoms with Gasteiger partial charge >= 0.3 is 0 Å². The van der Waals surface area contributed by atoms with Crippen molar-refractivity contribution in [2.45, 2.75) is 72.6 Å². The molecule has 112 valence electrons. The van der Waals surface area contributed by atoms with E-state index in [2.05, 4.69) is 46.4 Å². The van der Waals surface area contributed by atoms with E-state index in [9.17, 15) is 0 Å². The second-order valence-corrected chi connectivity index (χ2v) is 7.87. The molecule has 0 heterocycles. The molecule has 0 nitrogen and oxygen atoms in total. The Bertz CT molecular complexity index is 419. The van der Waals surface area contributed by atoms with E-state index in [1.54, 1.807) is 11.1 Å². The van der Waals surface area contributed by atoms with Gasteiger partial charge in [0.2, 0.25) is 0 Å². The first kappa shape index (κ1) is 15.6. The first-order valence-corrected chi connectivity index (χ1v) is 8.37. The molecule has 0 spiro atoms. The minimum atomic E-state index is 0.457. The maximum atomic E-state index is 4.12. The average Bonchev–Trinajstić information content (AvgIpc) is 2.39. The molecule has 0 saturated carbocycles. The zero-order valence-corrected chi connectivity index (χ0v) is 14.0. The van der Waals surface area contributed by atoms with Gasteiger partial charge in [0, 0.05) is 0 Å². The standard InChI is InChI=1S/C20H32/c1-15(2)18-10-8-17(9-11-18)14-20(4,5)19-12-6-16(3)7-13-19/h6,8,18-19H,1,7,9-14H2,2-5H3. The Kier molecular flexibility index (Phi) is 4.94. The topological polar surface area (TPSA) is 0 Å². The summed E-state index contributed by atoms with van der Waals surface area (Å²) in [6, 6.07) is 0. The quantitative estimate of drug-likeness (QED) is 0.516. The SMILES string of the molecule is C=C(C)C1CC=C(CC(C)(C)C2CC=C(C)CC2)CC1. The van der Waals surface area contributed by atoms with Gasteiger partial charge in [0.15, 0.2) is 0 Å². The van der Waals surface area contributed by atoms with Gasteiger partial charge in [-0.2, -0.15) is 0 Å². The van der Waals surface area contributed by atoms with E-state index in [-0.39, 0.29) is 0 Å². The Hall–Kier alpha value is -0.780. The van der Waals surface area contributed by atoms with Gasteiger partial charge in [-0.3, -0.25) is 0 Å². The fraction of sp³-hybridized carbons (Fsp3) is 0.700. The molecule has 2 aliphatic rings. The molecule has 20 heavy (non-hydrogen) atoms. The van der Waals surface area contributed by atoms with E-state index < -0.39 is 0 Å². The van der Waals surface area contributed by atoms with Crippen molar-refractivity contribution in [1.82, 2.24) is 0 Å². The third-order valence-electron chi connectivity index (χ3n) is 5.63. The Morgan fingerprint density at radius 3 is 2.45 bits per heavy atom. The minimum Gasteiger partial charge on any atom is -0.0998 e. The van der Waals surface area contributed by atoms with Crippen LogP contribution in [0.3, 0.4) is 0 Å². The van der Waals surface area contributed by atoms with Crippen LogP contribution in [0.25, 0.3) is 0 Å². The summed E-state index contributed by atoms with van der Waals surface area (Å²) in [5, 5.41) is 0. The second-order valence-electron chi connectivity index (χ2n) is 7.87. The lowest BCUT2D eigenvalue weighted by atomic mass is 9.67. The Balaban J connectivity index is 1.94. The van der Waals surface area contributed by atoms with Gasteiger partial charge in [0.1, 0.15) is 0 Å². The normalized spacial score (nSPS) is 27.8. The summed E-state index contributed by atoms with van der Waals surface area (Å²) < 4.78 is 0. The van der Waals surface area contributed by atoms with E-state index >= 15 is 0 Å². The number of allylic oxidation sites excluding steroid dienone is 5. The highest BCUT2D eigenvalue weighted by Gasteiger charge is 2.31. The highest BCUT2D eigenvalue weighted by atomic mass is 14.4. The average molecular weight is 272 g/mol. The summed E-state index contributed by atoms with van der Waals surface area (Å²) in [4.78, 5) is 0. The molecule has 0 aliphatic heterocycles. The lowest BCUT2D eigenvalue weighted by molar-refractivity contribution is 0.190. The maximum absolute atomic E-state index is 4.12. The molecular formula is C20H32. The molecule has 0 aromatic heterocycles. The van der Waals surface area contributed by atoms with Gasteiger partial charge < -0.3 is 0 Å². The lowest BCUT2D eigenvalue weighted by Gasteiger charge is -2.38. The van der Waals surface area contributed by atoms with Crippen molar-refractivity contribution >= 4 is 0 Å². The molecule has 0 N–H and O–H groups in total. The van der Waals surface area contributed by atoms with Crippen LogP contribution in [0, 0.1) is 17.3 Å². The Labute approximate surface area is 126 Å². The molecular weight excluding hydrogens is 240 g/mol. The molecule has 2 atom stereocenters. The van der Waals surface area contributed by atoms with E-state index in [0.29, 0.717) is 5.41 Å². The summed E-state index contributed by atoms with van der Waals surface area (Å²) in [6.07, 6.45) is 14.1. The Morgan fingerprint density at radius 1 is 1.20 bits per heavy atom. The highest BCUT2D eigenvalue weighted by Crippen LogP contribution is 2.43. The molecule has 0 radical (unpaired) electrons. The van der Waals surface area contributed by atoms with Crippen molar-refractivity contribution < 1.29 is 0 Å². The van der Waals surface area contributed by atoms with Crippen LogP contribution in [0.2, 0.25) is 0 Å². The van der Waals surface area contributed by atoms with Crippen LogP contribution in [0.5, 0.6) is 0 Å². The molecule has 0 aromatic rings. The summed E-state index contributed by atoms with van der Waals surface area (Å²) in [5.41, 5.74) is 5.13. The van der Waals surface area contributed by atoms with Gasteiger partial charge in [0.25, 0.3) is 0 Å². The second kappa shape index (κ2) is 6.33. The summed E-state index contributed by atoms with van der Waals surface area (Å²) in [7, 11) is 0. The molecule has 0 bridgehead atoms. The van der Waals surface area contributed by atoms with E-state index in [4.69, 9.17) is 0 Å². The molecule has 0 saturated heterocycles. The van der Waals surface area contributed by atoms with Crippen LogP contribution in [0.1, 0.15) is 72.6 Å². The van der Waals surface area contributed by atoms with Gasteiger partial charge in [-0.25, -0.2) is 0 Å². The number of rotatable bonds is 4. The number of hydrogen-bond donors (Lipinski definition) is 0. The van der Waals surface area contributed by atoms with E-state index in [1.165, 1.54) is 50.5 Å². The van der Waals surface area contributed by atoms with Crippen molar-refractivity contribution in [3.63, 3.8) is 0 Å². The van der Waals surface area contributed by atoms with Gasteiger partial charge in [-0.1, -0.05) is 49.3 Å². The van der Waals surface area contributed by atoms with Crippen LogP contribution in [-0.4, -0.2) is 0 Å². The summed E-state index contributed by atoms with van der Waals surface area (Å²) >= 11 is 0. The summed E-state index contributed by atoms with van der Waals surface area (Å²) in [6.45, 7) is 13.6. The first-order chi connectivity index (χ1) is 9.38. The smallest absolute Gasteiger partial charge is 0.0171 e. The minimum absolute atomic E-state index is 0.457. The van der Waals surface area contributed by atoms with Crippen LogP contribution in [0.15, 0.2) is 35.5 Å². The zero-order valence-electron chi connectivity index (χ0n) is 14.0. The van der Waals surface area contributed by atoms with Gasteiger partial charge in [0.05, 0.1) is 0 Å². The molecule has 2 rings (SSSR count). The Morgan fingerprint density at radius 2 is 1.95 bits per heavy atom. The maximum Gasteiger partial charge on any atom is -0.0171 e. The highest BCUT2D eigenvalue weighted by molar-refractivity contribution is 5.15. The third kappa shape index (κ3) is 3.87. The molecule has 0 amide bonds. The van der Waals surface area contributed by atoms with Gasteiger partial charge in [-0.05, 0) is 76.0 Å². The predicted molar refractivity (Wildman–Crippen MR) is 89.7 cm³/mol. The van der Waals surface area contributed by atoms with Crippen LogP contribution in [-0.2, 0) is 0 Å². The molecule has 0 fully saturated rings. The molecule has 2 unspecified atom stereocenters. The predicted octanol–water partition coefficient (Wildman–Crippen LogP) is 6.45. The van der Waals surface area contributed by atoms with E-state index in [1.807, 2.05) is 0 Å². The van der Waals surface area contributed by atoms with Crippen LogP contribution >= 0.6 is 0 Å². The molecule has 0 heteroatoms. The molecule has 2 aliphatic carbocycles. The van der Waals surface area contributed by atoms with Crippen molar-refractivity contribution in [2.75, 3.05) is 0 Å². The lowest BCUT2D eigenvalue weighted by Crippen LogP contribution is -2.26. The monoisotopic (exact) mass is 272 g/mol. The van der Waals surface area contributed by atoms with Crippen molar-refractivity contribution in [2.24, 2.45) is 17.3 Å². The fourth-order valence-corrected chi connectivity index (χ4v) is 3.90. The largest absolute Gasteiger partial charge is 0.0998 e.